The van der Waals surface area contributed by atoms with Crippen molar-refractivity contribution in [3.05, 3.63) is 11.1 Å². The number of quaternary nitrogens is 1. The number of nitrogens with two attached hydrogens (primary N) is 1. The number of rotatable bonds is 5. The molecule has 4 rings (SSSR count). The Bertz CT molecular complexity index is 768. The van der Waals surface area contributed by atoms with Crippen molar-refractivity contribution < 1.29 is 25.0 Å². The number of nitrogens with one attached hydrogen (secondary N) is 2. The predicted octanol–water partition coefficient (Wildman–Crippen LogP) is -2.35. The SMILES string of the molecule is CN=C(N)[NH+]1CC[C@H](CNCCO)[C@@]2(C1)[C@@H]1CC[C@@H](C)[C@]23C[C@H](O)C(C(=O)[O-])=C3C1. The summed E-state index contributed by atoms with van der Waals surface area (Å²) in [7, 11) is 1.72. The minimum atomic E-state index is -1.21. The van der Waals surface area contributed by atoms with Gasteiger partial charge in [-0.15, -0.1) is 0 Å². The molecule has 30 heavy (non-hydrogen) atoms. The summed E-state index contributed by atoms with van der Waals surface area (Å²) >= 11 is 0. The highest BCUT2D eigenvalue weighted by Gasteiger charge is 2.73. The molecule has 7 atom stereocenters. The number of aliphatic hydroxyl groups is 2. The van der Waals surface area contributed by atoms with E-state index in [0.29, 0.717) is 30.8 Å². The van der Waals surface area contributed by atoms with Crippen molar-refractivity contribution in [2.45, 2.75) is 45.1 Å². The first-order valence-electron chi connectivity index (χ1n) is 11.3. The van der Waals surface area contributed by atoms with Crippen LogP contribution in [0.5, 0.6) is 0 Å². The number of carboxylic acids is 1. The van der Waals surface area contributed by atoms with Crippen molar-refractivity contribution >= 4 is 11.9 Å². The van der Waals surface area contributed by atoms with Crippen molar-refractivity contribution in [3.63, 3.8) is 0 Å². The van der Waals surface area contributed by atoms with Crippen LogP contribution in [0, 0.1) is 28.6 Å². The molecule has 1 aliphatic heterocycles. The molecule has 8 heteroatoms. The van der Waals surface area contributed by atoms with E-state index < -0.39 is 12.1 Å². The van der Waals surface area contributed by atoms with Crippen molar-refractivity contribution in [2.24, 2.45) is 39.3 Å². The van der Waals surface area contributed by atoms with Crippen LogP contribution in [-0.4, -0.2) is 68.1 Å². The largest absolute Gasteiger partial charge is 0.545 e. The molecule has 168 valence electrons. The van der Waals surface area contributed by atoms with Gasteiger partial charge < -0.3 is 31.2 Å². The zero-order valence-corrected chi connectivity index (χ0v) is 18.1. The van der Waals surface area contributed by atoms with E-state index >= 15 is 0 Å². The van der Waals surface area contributed by atoms with E-state index in [1.54, 1.807) is 7.05 Å². The number of carboxylic acid groups (broad SMARTS) is 1. The topological polar surface area (TPSA) is 135 Å². The molecule has 3 fully saturated rings. The smallest absolute Gasteiger partial charge is 0.293 e. The lowest BCUT2D eigenvalue weighted by atomic mass is 9.45. The first-order chi connectivity index (χ1) is 14.3. The average molecular weight is 421 g/mol. The van der Waals surface area contributed by atoms with E-state index in [0.717, 1.165) is 50.9 Å². The molecule has 2 spiro atoms. The normalized spacial score (nSPS) is 43.3. The van der Waals surface area contributed by atoms with Crippen LogP contribution in [0.15, 0.2) is 16.1 Å². The maximum Gasteiger partial charge on any atom is 0.293 e. The number of carbonyl (C=O) groups excluding carboxylic acids is 1. The lowest BCUT2D eigenvalue weighted by Crippen LogP contribution is -3.19. The zero-order valence-electron chi connectivity index (χ0n) is 18.1. The third kappa shape index (κ3) is 2.80. The molecule has 2 bridgehead atoms. The molecule has 0 radical (unpaired) electrons. The van der Waals surface area contributed by atoms with Crippen molar-refractivity contribution in [1.29, 1.82) is 0 Å². The second kappa shape index (κ2) is 7.89. The number of likely N-dealkylation sites (tertiary alicyclic amines) is 1. The fourth-order valence-electron chi connectivity index (χ4n) is 8.01. The highest BCUT2D eigenvalue weighted by Crippen LogP contribution is 2.75. The van der Waals surface area contributed by atoms with Crippen LogP contribution in [0.25, 0.3) is 0 Å². The molecule has 4 aliphatic rings. The number of piperidine rings is 1. The lowest BCUT2D eigenvalue weighted by molar-refractivity contribution is -0.828. The Morgan fingerprint density at radius 1 is 1.40 bits per heavy atom. The molecule has 0 aromatic heterocycles. The van der Waals surface area contributed by atoms with E-state index in [9.17, 15) is 20.1 Å². The van der Waals surface area contributed by atoms with Crippen LogP contribution < -0.4 is 21.1 Å². The fraction of sp³-hybridized carbons (Fsp3) is 0.818. The van der Waals surface area contributed by atoms with Gasteiger partial charge in [-0.05, 0) is 50.0 Å². The Hall–Kier alpha value is -1.48. The van der Waals surface area contributed by atoms with Gasteiger partial charge in [-0.3, -0.25) is 4.90 Å². The first kappa shape index (κ1) is 21.7. The number of aliphatic imine (C=N–C) groups is 1. The van der Waals surface area contributed by atoms with Crippen molar-refractivity contribution in [2.75, 3.05) is 39.8 Å². The van der Waals surface area contributed by atoms with E-state index in [1.165, 1.54) is 4.90 Å². The zero-order chi connectivity index (χ0) is 21.7. The van der Waals surface area contributed by atoms with Gasteiger partial charge in [0.2, 0.25) is 0 Å². The Morgan fingerprint density at radius 3 is 2.83 bits per heavy atom. The minimum Gasteiger partial charge on any atom is -0.545 e. The maximum absolute atomic E-state index is 12.0. The second-order valence-corrected chi connectivity index (χ2v) is 9.84. The molecule has 3 aliphatic carbocycles. The maximum atomic E-state index is 12.0. The van der Waals surface area contributed by atoms with Crippen LogP contribution in [0.1, 0.15) is 39.0 Å². The van der Waals surface area contributed by atoms with Crippen LogP contribution in [0.3, 0.4) is 0 Å². The molecule has 6 N–H and O–H groups in total. The summed E-state index contributed by atoms with van der Waals surface area (Å²) in [6.07, 6.45) is 3.31. The van der Waals surface area contributed by atoms with Gasteiger partial charge in [0.15, 0.2) is 0 Å². The molecule has 0 amide bonds. The van der Waals surface area contributed by atoms with E-state index in [-0.39, 0.29) is 28.9 Å². The Kier molecular flexibility index (Phi) is 5.72. The number of aliphatic hydroxyl groups excluding tert-OH is 2. The first-order valence-corrected chi connectivity index (χ1v) is 11.3. The number of carbonyl (C=O) groups is 1. The number of guanidine groups is 1. The molecule has 2 saturated carbocycles. The molecule has 1 heterocycles. The molecule has 0 aromatic carbocycles. The van der Waals surface area contributed by atoms with E-state index in [1.807, 2.05) is 0 Å². The van der Waals surface area contributed by atoms with Crippen molar-refractivity contribution in [1.82, 2.24) is 5.32 Å². The van der Waals surface area contributed by atoms with Crippen LogP contribution in [0.4, 0.5) is 0 Å². The summed E-state index contributed by atoms with van der Waals surface area (Å²) in [5, 5.41) is 35.5. The predicted molar refractivity (Wildman–Crippen MR) is 110 cm³/mol. The van der Waals surface area contributed by atoms with Crippen molar-refractivity contribution in [3.8, 4) is 0 Å². The van der Waals surface area contributed by atoms with Gasteiger partial charge in [0.05, 0.1) is 31.8 Å². The Labute approximate surface area is 178 Å². The van der Waals surface area contributed by atoms with Crippen LogP contribution in [-0.2, 0) is 4.79 Å². The average Bonchev–Trinajstić information content (AvgIpc) is 3.09. The van der Waals surface area contributed by atoms with Crippen LogP contribution >= 0.6 is 0 Å². The standard InChI is InChI=1S/C22H36N4O4/c1-13-3-4-14-9-16-18(19(29)30)17(28)10-21(13,16)22(14)12-26(20(23)24-2)7-5-15(22)11-25-6-8-27/h13-15,17,25,27-28H,3-12H2,1-2H3,(H2,23,24)(H,29,30)/t13-,14-,15-,17+,21+,22-/m1/s1. The summed E-state index contributed by atoms with van der Waals surface area (Å²) in [6.45, 7) is 5.36. The molecule has 8 nitrogen and oxygen atoms in total. The number of nitrogens with zero attached hydrogens (tertiary/aromatic N) is 1. The summed E-state index contributed by atoms with van der Waals surface area (Å²) < 4.78 is 0. The highest BCUT2D eigenvalue weighted by molar-refractivity contribution is 5.88. The number of hydrogen-bond acceptors (Lipinski definition) is 6. The molecule has 1 unspecified atom stereocenters. The quantitative estimate of drug-likeness (QED) is 0.192. The molecular formula is C22H36N4O4. The minimum absolute atomic E-state index is 0.0935. The third-order valence-corrected chi connectivity index (χ3v) is 9.04. The van der Waals surface area contributed by atoms with Gasteiger partial charge in [-0.2, -0.15) is 0 Å². The summed E-state index contributed by atoms with van der Waals surface area (Å²) in [5.74, 6) is 0.378. The fourth-order valence-corrected chi connectivity index (χ4v) is 8.01. The van der Waals surface area contributed by atoms with Gasteiger partial charge in [-0.1, -0.05) is 12.5 Å². The molecule has 1 saturated heterocycles. The Balaban J connectivity index is 1.85. The number of hydrogen-bond donors (Lipinski definition) is 5. The van der Waals surface area contributed by atoms with Gasteiger partial charge in [0.1, 0.15) is 0 Å². The highest BCUT2D eigenvalue weighted by atomic mass is 16.4. The monoisotopic (exact) mass is 420 g/mol. The molecular weight excluding hydrogens is 384 g/mol. The van der Waals surface area contributed by atoms with Crippen LogP contribution in [0.2, 0.25) is 0 Å². The van der Waals surface area contributed by atoms with E-state index in [4.69, 9.17) is 5.73 Å². The summed E-state index contributed by atoms with van der Waals surface area (Å²) in [5.41, 5.74) is 6.90. The number of allylic oxidation sites excluding steroid dienone is 1. The summed E-state index contributed by atoms with van der Waals surface area (Å²) in [4.78, 5) is 17.5. The number of aliphatic carboxylic acids is 1. The summed E-state index contributed by atoms with van der Waals surface area (Å²) in [6, 6.07) is 0. The van der Waals surface area contributed by atoms with Gasteiger partial charge in [-0.25, -0.2) is 4.99 Å². The lowest BCUT2D eigenvalue weighted by Gasteiger charge is -2.60. The Morgan fingerprint density at radius 2 is 2.17 bits per heavy atom. The van der Waals surface area contributed by atoms with E-state index in [2.05, 4.69) is 17.2 Å². The van der Waals surface area contributed by atoms with Gasteiger partial charge in [0, 0.05) is 36.4 Å². The molecule has 0 aromatic rings. The third-order valence-electron chi connectivity index (χ3n) is 9.04. The van der Waals surface area contributed by atoms with Gasteiger partial charge in [0.25, 0.3) is 5.96 Å². The van der Waals surface area contributed by atoms with Gasteiger partial charge >= 0.3 is 0 Å². The second-order valence-electron chi connectivity index (χ2n) is 9.84.